The first kappa shape index (κ1) is 14.9. The average Bonchev–Trinajstić information content (AvgIpc) is 2.39. The van der Waals surface area contributed by atoms with Gasteiger partial charge in [-0.05, 0) is 6.54 Å². The second-order valence-electron chi connectivity index (χ2n) is 6.73. The fourth-order valence-corrected chi connectivity index (χ4v) is 6.39. The molecule has 0 radical (unpaired) electrons. The third-order valence-corrected chi connectivity index (χ3v) is 7.16. The number of benzene rings is 2. The number of quaternary nitrogens is 1. The lowest BCUT2D eigenvalue weighted by Crippen LogP contribution is -2.56. The maximum absolute atomic E-state index is 2.46. The zero-order chi connectivity index (χ0) is 14.6. The molecule has 0 N–H and O–H groups in total. The van der Waals surface area contributed by atoms with Crippen molar-refractivity contribution in [3.63, 3.8) is 0 Å². The summed E-state index contributed by atoms with van der Waals surface area (Å²) in [6.45, 7) is 7.28. The first-order chi connectivity index (χ1) is 9.39. The van der Waals surface area contributed by atoms with Gasteiger partial charge in [0.05, 0.1) is 20.3 Å². The monoisotopic (exact) mass is 284 g/mol. The predicted molar refractivity (Wildman–Crippen MR) is 90.4 cm³/mol. The van der Waals surface area contributed by atoms with Crippen LogP contribution < -0.4 is 5.19 Å². The van der Waals surface area contributed by atoms with Crippen LogP contribution in [0.2, 0.25) is 13.1 Å². The van der Waals surface area contributed by atoms with Gasteiger partial charge in [0.1, 0.15) is 8.07 Å². The minimum Gasteiger partial charge on any atom is -0.353 e. The van der Waals surface area contributed by atoms with Crippen molar-refractivity contribution in [3.05, 3.63) is 72.8 Å². The molecule has 0 heterocycles. The third kappa shape index (κ3) is 3.99. The quantitative estimate of drug-likeness (QED) is 0.341. The second-order valence-corrected chi connectivity index (χ2v) is 11.4. The van der Waals surface area contributed by atoms with Gasteiger partial charge in [0.2, 0.25) is 0 Å². The Hall–Kier alpha value is -1.51. The van der Waals surface area contributed by atoms with E-state index in [4.69, 9.17) is 0 Å². The topological polar surface area (TPSA) is 0 Å². The molecular formula is C18H25NSi. The molecule has 0 aliphatic rings. The fraction of sp³-hybridized carbons (Fsp3) is 0.278. The molecule has 0 aliphatic heterocycles. The summed E-state index contributed by atoms with van der Waals surface area (Å²) in [5.74, 6) is 0. The van der Waals surface area contributed by atoms with E-state index in [1.165, 1.54) is 16.9 Å². The average molecular weight is 284 g/mol. The van der Waals surface area contributed by atoms with Gasteiger partial charge in [-0.2, -0.15) is 12.1 Å². The first-order valence-electron chi connectivity index (χ1n) is 7.18. The molecule has 0 aliphatic carbocycles. The Kier molecular flexibility index (Phi) is 4.36. The zero-order valence-electron chi connectivity index (χ0n) is 13.0. The molecule has 0 spiro atoms. The summed E-state index contributed by atoms with van der Waals surface area (Å²) in [4.78, 5) is 0. The van der Waals surface area contributed by atoms with Gasteiger partial charge in [-0.1, -0.05) is 54.7 Å². The normalized spacial score (nSPS) is 12.2. The molecule has 0 atom stereocenters. The van der Waals surface area contributed by atoms with E-state index in [0.717, 1.165) is 4.48 Å². The SMILES string of the molecule is C[N+](C)(C[Si](C)(C)c1ccccc1)[13CH-]c1ccccc1. The summed E-state index contributed by atoms with van der Waals surface area (Å²) in [6, 6.07) is 21.6. The summed E-state index contributed by atoms with van der Waals surface area (Å²) in [5, 5.41) is 1.53. The van der Waals surface area contributed by atoms with Crippen LogP contribution in [-0.2, 0) is 0 Å². The van der Waals surface area contributed by atoms with Crippen molar-refractivity contribution in [2.45, 2.75) is 13.1 Å². The highest BCUT2D eigenvalue weighted by atomic mass is 28.3. The third-order valence-electron chi connectivity index (χ3n) is 3.66. The van der Waals surface area contributed by atoms with Crippen LogP contribution in [0.15, 0.2) is 60.7 Å². The zero-order valence-corrected chi connectivity index (χ0v) is 14.0. The highest BCUT2D eigenvalue weighted by Crippen LogP contribution is 2.16. The van der Waals surface area contributed by atoms with Crippen LogP contribution in [0.1, 0.15) is 5.56 Å². The summed E-state index contributed by atoms with van der Waals surface area (Å²) >= 11 is 0. The molecule has 20 heavy (non-hydrogen) atoms. The van der Waals surface area contributed by atoms with E-state index >= 15 is 0 Å². The van der Waals surface area contributed by atoms with Gasteiger partial charge in [0.15, 0.2) is 0 Å². The lowest BCUT2D eigenvalue weighted by Gasteiger charge is -2.39. The summed E-state index contributed by atoms with van der Waals surface area (Å²) < 4.78 is 0.929. The molecule has 2 heteroatoms. The Morgan fingerprint density at radius 2 is 1.35 bits per heavy atom. The lowest BCUT2D eigenvalue weighted by atomic mass is 10.3. The lowest BCUT2D eigenvalue weighted by molar-refractivity contribution is -0.846. The summed E-state index contributed by atoms with van der Waals surface area (Å²) in [7, 11) is 3.16. The van der Waals surface area contributed by atoms with Crippen molar-refractivity contribution in [2.75, 3.05) is 20.3 Å². The van der Waals surface area contributed by atoms with E-state index in [-0.39, 0.29) is 0 Å². The maximum atomic E-state index is 2.46. The van der Waals surface area contributed by atoms with Crippen LogP contribution in [-0.4, -0.2) is 32.8 Å². The molecule has 2 aromatic carbocycles. The molecular weight excluding hydrogens is 259 g/mol. The van der Waals surface area contributed by atoms with Gasteiger partial charge in [-0.15, -0.1) is 17.7 Å². The van der Waals surface area contributed by atoms with Crippen LogP contribution in [0.25, 0.3) is 0 Å². The van der Waals surface area contributed by atoms with E-state index in [0.29, 0.717) is 0 Å². The van der Waals surface area contributed by atoms with E-state index in [9.17, 15) is 0 Å². The molecule has 0 saturated carbocycles. The van der Waals surface area contributed by atoms with Crippen molar-refractivity contribution in [1.82, 2.24) is 0 Å². The van der Waals surface area contributed by atoms with Gasteiger partial charge in [-0.3, -0.25) is 0 Å². The van der Waals surface area contributed by atoms with Crippen LogP contribution in [0.3, 0.4) is 0 Å². The molecule has 2 rings (SSSR count). The standard InChI is InChI=1S/C18H25NSi/c1-19(2,15-17-11-7-5-8-12-17)16-20(3,4)18-13-9-6-10-14-18/h5-15H,16H2,1-4H3/i15+1. The molecule has 0 saturated heterocycles. The highest BCUT2D eigenvalue weighted by Gasteiger charge is 2.31. The summed E-state index contributed by atoms with van der Waals surface area (Å²) in [5.41, 5.74) is 1.30. The minimum atomic E-state index is -1.43. The van der Waals surface area contributed by atoms with Crippen LogP contribution in [0, 0.1) is 6.54 Å². The van der Waals surface area contributed by atoms with Crippen molar-refractivity contribution >= 4 is 13.3 Å². The van der Waals surface area contributed by atoms with Crippen molar-refractivity contribution in [3.8, 4) is 0 Å². The van der Waals surface area contributed by atoms with E-state index in [2.05, 4.69) is 94.4 Å². The Morgan fingerprint density at radius 1 is 0.850 bits per heavy atom. The Bertz CT molecular complexity index is 532. The van der Waals surface area contributed by atoms with Crippen molar-refractivity contribution in [2.24, 2.45) is 0 Å². The number of hydrogen-bond donors (Lipinski definition) is 0. The Balaban J connectivity index is 2.11. The number of nitrogens with zero attached hydrogens (tertiary/aromatic N) is 1. The molecule has 0 bridgehead atoms. The van der Waals surface area contributed by atoms with Crippen molar-refractivity contribution < 1.29 is 4.48 Å². The molecule has 1 nitrogen and oxygen atoms in total. The van der Waals surface area contributed by atoms with Crippen LogP contribution >= 0.6 is 0 Å². The molecule has 0 fully saturated rings. The number of rotatable bonds is 5. The number of hydrogen-bond acceptors (Lipinski definition) is 0. The van der Waals surface area contributed by atoms with E-state index in [1.807, 2.05) is 0 Å². The van der Waals surface area contributed by atoms with Gasteiger partial charge < -0.3 is 4.48 Å². The molecule has 0 aromatic heterocycles. The van der Waals surface area contributed by atoms with Gasteiger partial charge in [-0.25, -0.2) is 0 Å². The maximum Gasteiger partial charge on any atom is 0.144 e. The van der Waals surface area contributed by atoms with E-state index in [1.54, 1.807) is 0 Å². The van der Waals surface area contributed by atoms with Gasteiger partial charge >= 0.3 is 0 Å². The second kappa shape index (κ2) is 5.86. The Morgan fingerprint density at radius 3 is 1.90 bits per heavy atom. The highest BCUT2D eigenvalue weighted by molar-refractivity contribution is 6.89. The smallest absolute Gasteiger partial charge is 0.144 e. The van der Waals surface area contributed by atoms with Crippen LogP contribution in [0.4, 0.5) is 0 Å². The molecule has 0 amide bonds. The Labute approximate surface area is 124 Å². The minimum absolute atomic E-state index is 0.929. The summed E-state index contributed by atoms with van der Waals surface area (Å²) in [6.07, 6.45) is 1.20. The predicted octanol–water partition coefficient (Wildman–Crippen LogP) is 3.43. The van der Waals surface area contributed by atoms with Gasteiger partial charge in [0, 0.05) is 0 Å². The van der Waals surface area contributed by atoms with Crippen molar-refractivity contribution in [1.29, 1.82) is 0 Å². The van der Waals surface area contributed by atoms with Crippen LogP contribution in [0.5, 0.6) is 0 Å². The largest absolute Gasteiger partial charge is 0.353 e. The van der Waals surface area contributed by atoms with Gasteiger partial charge in [0.25, 0.3) is 0 Å². The molecule has 2 aromatic rings. The first-order valence-corrected chi connectivity index (χ1v) is 10.4. The van der Waals surface area contributed by atoms with E-state index < -0.39 is 8.07 Å². The fourth-order valence-electron chi connectivity index (χ4n) is 2.99. The molecule has 0 unspecified atom stereocenters. The molecule has 106 valence electrons.